The third-order valence-corrected chi connectivity index (χ3v) is 2.31. The first kappa shape index (κ1) is 8.94. The molecule has 0 N–H and O–H groups in total. The molecule has 0 spiro atoms. The number of fused-ring (bicyclic) bond motifs is 1. The Kier molecular flexibility index (Phi) is 2.31. The van der Waals surface area contributed by atoms with Gasteiger partial charge in [0.05, 0.1) is 11.7 Å². The summed E-state index contributed by atoms with van der Waals surface area (Å²) in [6.45, 7) is 2.08. The van der Waals surface area contributed by atoms with Crippen molar-refractivity contribution >= 4 is 11.8 Å². The Bertz CT molecular complexity index is 459. The van der Waals surface area contributed by atoms with Gasteiger partial charge in [-0.25, -0.2) is 4.98 Å². The van der Waals surface area contributed by atoms with Gasteiger partial charge in [-0.1, -0.05) is 6.92 Å². The summed E-state index contributed by atoms with van der Waals surface area (Å²) in [5, 5.41) is 0. The van der Waals surface area contributed by atoms with Crippen molar-refractivity contribution in [2.75, 3.05) is 0 Å². The van der Waals surface area contributed by atoms with Crippen LogP contribution in [0, 0.1) is 0 Å². The second-order valence-electron chi connectivity index (χ2n) is 3.23. The van der Waals surface area contributed by atoms with Crippen LogP contribution in [0.2, 0.25) is 0 Å². The van der Waals surface area contributed by atoms with Gasteiger partial charge in [0.25, 0.3) is 0 Å². The van der Waals surface area contributed by atoms with Crippen LogP contribution in [-0.2, 0) is 17.6 Å². The molecule has 0 radical (unpaired) electrons. The van der Waals surface area contributed by atoms with Crippen LogP contribution in [0.3, 0.4) is 0 Å². The van der Waals surface area contributed by atoms with E-state index in [-0.39, 0.29) is 0 Å². The molecule has 14 heavy (non-hydrogen) atoms. The van der Waals surface area contributed by atoms with Gasteiger partial charge in [0.15, 0.2) is 0 Å². The molecule has 0 aliphatic carbocycles. The van der Waals surface area contributed by atoms with Crippen LogP contribution >= 0.6 is 0 Å². The molecule has 2 aromatic heterocycles. The highest BCUT2D eigenvalue weighted by Gasteiger charge is 2.01. The van der Waals surface area contributed by atoms with E-state index in [9.17, 15) is 4.79 Å². The minimum Gasteiger partial charge on any atom is -0.304 e. The molecule has 2 aromatic rings. The minimum atomic E-state index is 0.475. The summed E-state index contributed by atoms with van der Waals surface area (Å²) in [7, 11) is 0. The maximum absolute atomic E-state index is 10.3. The van der Waals surface area contributed by atoms with Crippen molar-refractivity contribution in [2.45, 2.75) is 19.8 Å². The van der Waals surface area contributed by atoms with Crippen molar-refractivity contribution in [1.29, 1.82) is 0 Å². The number of nitrogens with zero attached hydrogens (tertiary/aromatic N) is 2. The number of aldehydes is 1. The summed E-state index contributed by atoms with van der Waals surface area (Å²) in [6.07, 6.45) is 6.13. The Labute approximate surface area is 82.4 Å². The van der Waals surface area contributed by atoms with Crippen molar-refractivity contribution in [2.24, 2.45) is 0 Å². The van der Waals surface area contributed by atoms with Crippen LogP contribution in [0.25, 0.3) is 5.52 Å². The van der Waals surface area contributed by atoms with E-state index in [4.69, 9.17) is 0 Å². The lowest BCUT2D eigenvalue weighted by molar-refractivity contribution is -0.107. The Morgan fingerprint density at radius 3 is 3.14 bits per heavy atom. The van der Waals surface area contributed by atoms with E-state index < -0.39 is 0 Å². The second kappa shape index (κ2) is 3.62. The molecule has 0 fully saturated rings. The van der Waals surface area contributed by atoms with Crippen LogP contribution < -0.4 is 0 Å². The zero-order chi connectivity index (χ0) is 9.97. The monoisotopic (exact) mass is 188 g/mol. The van der Waals surface area contributed by atoms with Gasteiger partial charge >= 0.3 is 0 Å². The summed E-state index contributed by atoms with van der Waals surface area (Å²) in [4.78, 5) is 14.6. The number of rotatable bonds is 3. The molecule has 2 heterocycles. The molecule has 3 nitrogen and oxygen atoms in total. The Morgan fingerprint density at radius 1 is 1.57 bits per heavy atom. The van der Waals surface area contributed by atoms with Gasteiger partial charge in [0.2, 0.25) is 0 Å². The normalized spacial score (nSPS) is 10.6. The molecule has 0 atom stereocenters. The molecule has 0 aromatic carbocycles. The largest absolute Gasteiger partial charge is 0.304 e. The molecule has 0 amide bonds. The van der Waals surface area contributed by atoms with E-state index in [1.54, 1.807) is 0 Å². The van der Waals surface area contributed by atoms with Crippen molar-refractivity contribution in [1.82, 2.24) is 9.38 Å². The van der Waals surface area contributed by atoms with Crippen molar-refractivity contribution < 1.29 is 4.79 Å². The number of aromatic nitrogens is 2. The van der Waals surface area contributed by atoms with Gasteiger partial charge in [-0.2, -0.15) is 0 Å². The van der Waals surface area contributed by atoms with Gasteiger partial charge in [-0.15, -0.1) is 0 Å². The lowest BCUT2D eigenvalue weighted by Gasteiger charge is -1.99. The lowest BCUT2D eigenvalue weighted by atomic mass is 10.2. The number of aryl methyl sites for hydroxylation is 1. The standard InChI is InChI=1S/C11H12N2O/c1-2-11-12-8-10-7-9(4-6-14)3-5-13(10)11/h3,5-8H,2,4H2,1H3. The topological polar surface area (TPSA) is 34.4 Å². The molecule has 2 rings (SSSR count). The van der Waals surface area contributed by atoms with Gasteiger partial charge in [-0.3, -0.25) is 0 Å². The zero-order valence-electron chi connectivity index (χ0n) is 8.10. The highest BCUT2D eigenvalue weighted by Crippen LogP contribution is 2.10. The predicted octanol–water partition coefficient (Wildman–Crippen LogP) is 1.64. The fourth-order valence-electron chi connectivity index (χ4n) is 1.59. The Morgan fingerprint density at radius 2 is 2.43 bits per heavy atom. The number of hydrogen-bond acceptors (Lipinski definition) is 2. The predicted molar refractivity (Wildman–Crippen MR) is 54.3 cm³/mol. The molecule has 0 aliphatic rings. The first-order valence-electron chi connectivity index (χ1n) is 4.73. The zero-order valence-corrected chi connectivity index (χ0v) is 8.10. The molecular weight excluding hydrogens is 176 g/mol. The van der Waals surface area contributed by atoms with E-state index in [1.165, 1.54) is 0 Å². The van der Waals surface area contributed by atoms with Crippen molar-refractivity contribution in [3.8, 4) is 0 Å². The fraction of sp³-hybridized carbons (Fsp3) is 0.273. The molecule has 0 bridgehead atoms. The summed E-state index contributed by atoms with van der Waals surface area (Å²) in [5.74, 6) is 1.05. The number of pyridine rings is 1. The first-order chi connectivity index (χ1) is 6.85. The molecule has 0 aliphatic heterocycles. The molecule has 0 saturated carbocycles. The second-order valence-corrected chi connectivity index (χ2v) is 3.23. The van der Waals surface area contributed by atoms with Crippen LogP contribution in [-0.4, -0.2) is 15.7 Å². The van der Waals surface area contributed by atoms with Crippen LogP contribution in [0.1, 0.15) is 18.3 Å². The summed E-state index contributed by atoms with van der Waals surface area (Å²) < 4.78 is 2.05. The van der Waals surface area contributed by atoms with Crippen LogP contribution in [0.5, 0.6) is 0 Å². The fourth-order valence-corrected chi connectivity index (χ4v) is 1.59. The molecule has 0 unspecified atom stereocenters. The molecule has 72 valence electrons. The Balaban J connectivity index is 2.51. The van der Waals surface area contributed by atoms with E-state index in [0.717, 1.165) is 29.6 Å². The number of carbonyl (C=O) groups is 1. The molecular formula is C11H12N2O. The van der Waals surface area contributed by atoms with Crippen molar-refractivity contribution in [3.05, 3.63) is 35.9 Å². The van der Waals surface area contributed by atoms with Gasteiger partial charge in [0, 0.05) is 19.0 Å². The van der Waals surface area contributed by atoms with Crippen LogP contribution in [0.4, 0.5) is 0 Å². The molecule has 3 heteroatoms. The lowest BCUT2D eigenvalue weighted by Crippen LogP contribution is -1.93. The first-order valence-corrected chi connectivity index (χ1v) is 4.73. The van der Waals surface area contributed by atoms with Crippen LogP contribution in [0.15, 0.2) is 24.5 Å². The average Bonchev–Trinajstić information content (AvgIpc) is 2.60. The van der Waals surface area contributed by atoms with Gasteiger partial charge < -0.3 is 9.20 Å². The summed E-state index contributed by atoms with van der Waals surface area (Å²) >= 11 is 0. The maximum Gasteiger partial charge on any atom is 0.124 e. The van der Waals surface area contributed by atoms with E-state index in [1.807, 2.05) is 28.9 Å². The maximum atomic E-state index is 10.3. The average molecular weight is 188 g/mol. The van der Waals surface area contributed by atoms with E-state index in [0.29, 0.717) is 6.42 Å². The summed E-state index contributed by atoms with van der Waals surface area (Å²) in [5.41, 5.74) is 2.09. The smallest absolute Gasteiger partial charge is 0.124 e. The third kappa shape index (κ3) is 1.41. The minimum absolute atomic E-state index is 0.475. The number of carbonyl (C=O) groups excluding carboxylic acids is 1. The molecule has 0 saturated heterocycles. The van der Waals surface area contributed by atoms with Gasteiger partial charge in [-0.05, 0) is 17.7 Å². The Hall–Kier alpha value is -1.64. The number of hydrogen-bond donors (Lipinski definition) is 0. The van der Waals surface area contributed by atoms with E-state index >= 15 is 0 Å². The quantitative estimate of drug-likeness (QED) is 0.686. The number of imidazole rings is 1. The van der Waals surface area contributed by atoms with E-state index in [2.05, 4.69) is 11.9 Å². The highest BCUT2D eigenvalue weighted by atomic mass is 16.1. The summed E-state index contributed by atoms with van der Waals surface area (Å²) in [6, 6.07) is 3.96. The van der Waals surface area contributed by atoms with Crippen molar-refractivity contribution in [3.63, 3.8) is 0 Å². The highest BCUT2D eigenvalue weighted by molar-refractivity contribution is 5.58. The van der Waals surface area contributed by atoms with Gasteiger partial charge in [0.1, 0.15) is 12.1 Å². The third-order valence-electron chi connectivity index (χ3n) is 2.31. The SMILES string of the molecule is CCc1ncc2cc(CC=O)ccn12.